The van der Waals surface area contributed by atoms with Crippen LogP contribution in [0.15, 0.2) is 85.2 Å². The Morgan fingerprint density at radius 1 is 0.615 bits per heavy atom. The van der Waals surface area contributed by atoms with E-state index in [1.165, 1.54) is 31.9 Å². The van der Waals surface area contributed by atoms with E-state index in [1.54, 1.807) is 6.20 Å². The van der Waals surface area contributed by atoms with Gasteiger partial charge in [0.1, 0.15) is 5.65 Å². The summed E-state index contributed by atoms with van der Waals surface area (Å²) in [6.07, 6.45) is 3.67. The summed E-state index contributed by atoms with van der Waals surface area (Å²) in [5, 5.41) is 6.56. The van der Waals surface area contributed by atoms with Crippen molar-refractivity contribution in [2.45, 2.75) is 0 Å². The fourth-order valence-electron chi connectivity index (χ4n) is 3.34. The Kier molecular flexibility index (Phi) is 3.66. The van der Waals surface area contributed by atoms with E-state index in [4.69, 9.17) is 0 Å². The number of fused-ring (bicyclic) bond motifs is 6. The number of rotatable bonds is 0. The molecular formula is C22H16N3P. The number of para-hydroxylation sites is 1. The number of hydrogen-bond acceptors (Lipinski definition) is 2. The molecule has 0 fully saturated rings. The molecule has 0 aliphatic rings. The average molecular weight is 353 g/mol. The molecule has 0 saturated carbocycles. The molecule has 26 heavy (non-hydrogen) atoms. The Bertz CT molecular complexity index is 1140. The van der Waals surface area contributed by atoms with Crippen LogP contribution in [0.25, 0.3) is 43.1 Å². The molecule has 3 nitrogen and oxygen atoms in total. The zero-order valence-electron chi connectivity index (χ0n) is 14.0. The Morgan fingerprint density at radius 2 is 1.31 bits per heavy atom. The van der Waals surface area contributed by atoms with E-state index >= 15 is 0 Å². The topological polar surface area (TPSA) is 41.6 Å². The summed E-state index contributed by atoms with van der Waals surface area (Å²) in [6.45, 7) is 0. The van der Waals surface area contributed by atoms with Crippen LogP contribution < -0.4 is 0 Å². The number of aromatic nitrogens is 3. The van der Waals surface area contributed by atoms with Gasteiger partial charge in [-0.25, -0.2) is 4.98 Å². The van der Waals surface area contributed by atoms with Crippen LogP contribution in [0.1, 0.15) is 0 Å². The van der Waals surface area contributed by atoms with Crippen molar-refractivity contribution in [3.05, 3.63) is 85.2 Å². The summed E-state index contributed by atoms with van der Waals surface area (Å²) in [6, 6.07) is 25.0. The van der Waals surface area contributed by atoms with Crippen molar-refractivity contribution in [2.75, 3.05) is 0 Å². The fraction of sp³-hybridized carbons (Fsp3) is 0. The van der Waals surface area contributed by atoms with E-state index in [9.17, 15) is 0 Å². The van der Waals surface area contributed by atoms with Crippen LogP contribution in [0.4, 0.5) is 0 Å². The van der Waals surface area contributed by atoms with Gasteiger partial charge in [0.2, 0.25) is 0 Å². The third kappa shape index (κ3) is 2.54. The fourth-order valence-corrected chi connectivity index (χ4v) is 4.64. The Morgan fingerprint density at radius 3 is 2.27 bits per heavy atom. The molecule has 0 aliphatic heterocycles. The maximum Gasteiger partial charge on any atom is 0.138 e. The van der Waals surface area contributed by atoms with Gasteiger partial charge in [-0.3, -0.25) is 4.98 Å². The monoisotopic (exact) mass is 353 g/mol. The molecule has 0 amide bonds. The summed E-state index contributed by atoms with van der Waals surface area (Å²) < 4.78 is 0. The summed E-state index contributed by atoms with van der Waals surface area (Å²) in [4.78, 5) is 11.9. The van der Waals surface area contributed by atoms with Crippen molar-refractivity contribution in [1.82, 2.24) is 15.0 Å². The van der Waals surface area contributed by atoms with Crippen LogP contribution in [0.2, 0.25) is 0 Å². The molecular weight excluding hydrogens is 337 g/mol. The van der Waals surface area contributed by atoms with Crippen molar-refractivity contribution in [3.63, 3.8) is 0 Å². The molecule has 4 heterocycles. The molecule has 124 valence electrons. The number of nitrogens with one attached hydrogen (secondary N) is 1. The maximum atomic E-state index is 4.41. The molecule has 6 rings (SSSR count). The van der Waals surface area contributed by atoms with Gasteiger partial charge in [-0.2, -0.15) is 0 Å². The van der Waals surface area contributed by atoms with Gasteiger partial charge in [-0.1, -0.05) is 42.5 Å². The first-order chi connectivity index (χ1) is 12.9. The highest BCUT2D eigenvalue weighted by Gasteiger charge is 2.02. The van der Waals surface area contributed by atoms with Crippen LogP contribution in [0.5, 0.6) is 0 Å². The molecule has 1 atom stereocenters. The molecule has 2 aromatic carbocycles. The predicted octanol–water partition coefficient (Wildman–Crippen LogP) is 6.14. The van der Waals surface area contributed by atoms with Crippen molar-refractivity contribution in [1.29, 1.82) is 0 Å². The van der Waals surface area contributed by atoms with Gasteiger partial charge in [0, 0.05) is 44.3 Å². The predicted molar refractivity (Wildman–Crippen MR) is 112 cm³/mol. The molecule has 1 unspecified atom stereocenters. The minimum atomic E-state index is 0.788. The lowest BCUT2D eigenvalue weighted by atomic mass is 10.2. The van der Waals surface area contributed by atoms with Crippen LogP contribution in [-0.4, -0.2) is 15.0 Å². The summed E-state index contributed by atoms with van der Waals surface area (Å²) in [7, 11) is 0.788. The maximum absolute atomic E-state index is 4.41. The van der Waals surface area contributed by atoms with Crippen LogP contribution in [0, 0.1) is 0 Å². The normalized spacial score (nSPS) is 11.4. The molecule has 0 saturated heterocycles. The third-order valence-corrected chi connectivity index (χ3v) is 5.92. The Balaban J connectivity index is 0.000000115. The highest BCUT2D eigenvalue weighted by molar-refractivity contribution is 7.43. The van der Waals surface area contributed by atoms with Crippen LogP contribution in [-0.2, 0) is 0 Å². The summed E-state index contributed by atoms with van der Waals surface area (Å²) in [5.41, 5.74) is 3.29. The van der Waals surface area contributed by atoms with E-state index in [2.05, 4.69) is 63.5 Å². The number of nitrogens with zero attached hydrogens (tertiary/aromatic N) is 2. The quantitative estimate of drug-likeness (QED) is 0.357. The number of aromatic amines is 1. The second-order valence-electron chi connectivity index (χ2n) is 6.14. The average Bonchev–Trinajstić information content (AvgIpc) is 3.27. The number of pyridine rings is 2. The summed E-state index contributed by atoms with van der Waals surface area (Å²) >= 11 is 0. The van der Waals surface area contributed by atoms with Gasteiger partial charge in [-0.15, -0.1) is 8.19 Å². The van der Waals surface area contributed by atoms with Gasteiger partial charge in [-0.05, 0) is 30.3 Å². The molecule has 1 N–H and O–H groups in total. The van der Waals surface area contributed by atoms with Gasteiger partial charge in [0.25, 0.3) is 0 Å². The van der Waals surface area contributed by atoms with E-state index in [-0.39, 0.29) is 0 Å². The van der Waals surface area contributed by atoms with Gasteiger partial charge < -0.3 is 4.98 Å². The number of benzene rings is 2. The van der Waals surface area contributed by atoms with E-state index in [1.807, 2.05) is 30.5 Å². The highest BCUT2D eigenvalue weighted by atomic mass is 31.0. The molecule has 0 radical (unpaired) electrons. The largest absolute Gasteiger partial charge is 0.339 e. The van der Waals surface area contributed by atoms with Crippen molar-refractivity contribution >= 4 is 51.3 Å². The first-order valence-corrected chi connectivity index (χ1v) is 9.53. The second-order valence-corrected chi connectivity index (χ2v) is 7.47. The highest BCUT2D eigenvalue weighted by Crippen LogP contribution is 2.35. The number of H-pyrrole nitrogens is 1. The van der Waals surface area contributed by atoms with E-state index in [0.717, 1.165) is 19.4 Å². The molecule has 4 aromatic heterocycles. The Labute approximate surface area is 151 Å². The Hall–Kier alpha value is -3.16. The third-order valence-electron chi connectivity index (χ3n) is 4.54. The van der Waals surface area contributed by atoms with Gasteiger partial charge >= 0.3 is 0 Å². The first kappa shape index (κ1) is 15.1. The van der Waals surface area contributed by atoms with Crippen molar-refractivity contribution < 1.29 is 0 Å². The van der Waals surface area contributed by atoms with E-state index in [0.29, 0.717) is 0 Å². The second kappa shape index (κ2) is 6.29. The smallest absolute Gasteiger partial charge is 0.138 e. The lowest BCUT2D eigenvalue weighted by Gasteiger charge is -1.88. The summed E-state index contributed by atoms with van der Waals surface area (Å²) in [5.74, 6) is 0. The van der Waals surface area contributed by atoms with E-state index < -0.39 is 0 Å². The van der Waals surface area contributed by atoms with Gasteiger partial charge in [0.05, 0.1) is 5.52 Å². The minimum absolute atomic E-state index is 0.788. The minimum Gasteiger partial charge on any atom is -0.339 e. The first-order valence-electron chi connectivity index (χ1n) is 8.53. The molecule has 0 aliphatic carbocycles. The van der Waals surface area contributed by atoms with Crippen molar-refractivity contribution in [3.8, 4) is 0 Å². The zero-order valence-corrected chi connectivity index (χ0v) is 15.0. The standard InChI is InChI=1S/C11H8N2.C11H8NP/c1-2-6-10-8(4-1)9-5-3-7-12-11(9)13-10;1-2-5-9-8(4-1)11-10(13-9)6-3-7-12-11/h1-7H,(H,12,13);1-7,13H. The van der Waals surface area contributed by atoms with Crippen molar-refractivity contribution in [2.24, 2.45) is 0 Å². The number of hydrogen-bond donors (Lipinski definition) is 1. The van der Waals surface area contributed by atoms with Gasteiger partial charge in [0.15, 0.2) is 0 Å². The molecule has 0 bridgehead atoms. The molecule has 6 aromatic rings. The lowest BCUT2D eigenvalue weighted by Crippen LogP contribution is -1.71. The molecule has 0 spiro atoms. The lowest BCUT2D eigenvalue weighted by molar-refractivity contribution is 1.35. The molecule has 4 heteroatoms. The van der Waals surface area contributed by atoms with Crippen LogP contribution >= 0.6 is 8.19 Å². The SMILES string of the molecule is c1ccc2c(c1)[nH]c1ncccc12.c1ccc2c(c1)[pH]c1cccnc12. The van der Waals surface area contributed by atoms with Crippen LogP contribution in [0.3, 0.4) is 0 Å². The zero-order chi connectivity index (χ0) is 17.3.